The summed E-state index contributed by atoms with van der Waals surface area (Å²) in [6.07, 6.45) is 9.74. The number of hydrogen-bond acceptors (Lipinski definition) is 5. The lowest BCUT2D eigenvalue weighted by Crippen LogP contribution is -2.42. The van der Waals surface area contributed by atoms with Crippen LogP contribution in [0.25, 0.3) is 22.5 Å². The van der Waals surface area contributed by atoms with Crippen molar-refractivity contribution in [1.29, 1.82) is 0 Å². The van der Waals surface area contributed by atoms with E-state index in [1.807, 2.05) is 60.7 Å². The molecular weight excluding hydrogens is 550 g/mol. The van der Waals surface area contributed by atoms with Crippen molar-refractivity contribution in [2.45, 2.75) is 77.7 Å². The summed E-state index contributed by atoms with van der Waals surface area (Å²) in [5, 5.41) is 12.5. The van der Waals surface area contributed by atoms with Gasteiger partial charge in [0.25, 0.3) is 5.91 Å². The molecule has 1 amide bonds. The number of benzene rings is 3. The van der Waals surface area contributed by atoms with Crippen LogP contribution in [0, 0.1) is 0 Å². The van der Waals surface area contributed by atoms with Gasteiger partial charge in [-0.15, -0.1) is 0 Å². The van der Waals surface area contributed by atoms with Crippen LogP contribution in [0.1, 0.15) is 81.3 Å². The van der Waals surface area contributed by atoms with Crippen molar-refractivity contribution >= 4 is 11.9 Å². The smallest absolute Gasteiger partial charge is 0.326 e. The molecule has 1 atom stereocenters. The molecule has 4 aromatic rings. The van der Waals surface area contributed by atoms with E-state index in [9.17, 15) is 14.7 Å². The zero-order valence-corrected chi connectivity index (χ0v) is 26.2. The first kappa shape index (κ1) is 32.4. The van der Waals surface area contributed by atoms with Crippen molar-refractivity contribution in [3.8, 4) is 28.3 Å². The van der Waals surface area contributed by atoms with Gasteiger partial charge < -0.3 is 15.2 Å². The van der Waals surface area contributed by atoms with E-state index in [0.29, 0.717) is 18.0 Å². The number of hydrogen-bond donors (Lipinski definition) is 2. The minimum Gasteiger partial charge on any atom is -0.494 e. The van der Waals surface area contributed by atoms with Gasteiger partial charge in [0.15, 0.2) is 5.82 Å². The normalized spacial score (nSPS) is 12.0. The molecule has 1 aromatic heterocycles. The lowest BCUT2D eigenvalue weighted by molar-refractivity contribution is -0.139. The van der Waals surface area contributed by atoms with Crippen LogP contribution in [-0.4, -0.2) is 39.6 Å². The monoisotopic (exact) mass is 593 g/mol. The molecule has 0 fully saturated rings. The number of carboxylic acids is 1. The molecule has 1 unspecified atom stereocenters. The summed E-state index contributed by atoms with van der Waals surface area (Å²) in [5.41, 5.74) is 4.97. The molecule has 7 heteroatoms. The minimum absolute atomic E-state index is 0.0358. The number of carboxylic acid groups (broad SMARTS) is 1. The number of amides is 1. The lowest BCUT2D eigenvalue weighted by atomic mass is 9.86. The molecule has 0 bridgehead atoms. The first-order valence-electron chi connectivity index (χ1n) is 15.4. The molecule has 7 nitrogen and oxygen atoms in total. The Balaban J connectivity index is 1.35. The number of nitrogens with zero attached hydrogens (tertiary/aromatic N) is 2. The highest BCUT2D eigenvalue weighted by molar-refractivity contribution is 5.96. The Morgan fingerprint density at radius 2 is 1.52 bits per heavy atom. The molecule has 0 radical (unpaired) electrons. The first-order chi connectivity index (χ1) is 21.1. The number of aliphatic carboxylic acids is 1. The molecule has 0 saturated carbocycles. The van der Waals surface area contributed by atoms with Crippen molar-refractivity contribution in [2.75, 3.05) is 6.61 Å². The standard InChI is InChI=1S/C37H43N3O4/c1-5-6-7-8-9-21-44-32-12-10-11-29(23-32)30-24-38-34(39-25-30)27-15-13-26(14-16-27)22-33(36(42)43)40-35(41)28-17-19-31(20-18-28)37(2,3)4/h10-20,23-25,33H,5-9,21-22H2,1-4H3,(H,40,41)(H,42,43). The van der Waals surface area contributed by atoms with Crippen LogP contribution in [0.3, 0.4) is 0 Å². The fraction of sp³-hybridized carbons (Fsp3) is 0.351. The molecular formula is C37H43N3O4. The lowest BCUT2D eigenvalue weighted by Gasteiger charge is -2.19. The number of rotatable bonds is 14. The molecule has 0 aliphatic heterocycles. The molecule has 3 aromatic carbocycles. The molecule has 1 heterocycles. The number of nitrogens with one attached hydrogen (secondary N) is 1. The summed E-state index contributed by atoms with van der Waals surface area (Å²) in [5.74, 6) is -0.0925. The van der Waals surface area contributed by atoms with E-state index in [-0.39, 0.29) is 11.8 Å². The number of carbonyl (C=O) groups is 2. The van der Waals surface area contributed by atoms with E-state index in [1.54, 1.807) is 24.5 Å². The summed E-state index contributed by atoms with van der Waals surface area (Å²) in [6, 6.07) is 21.6. The third-order valence-electron chi connectivity index (χ3n) is 7.60. The Kier molecular flexibility index (Phi) is 11.2. The maximum absolute atomic E-state index is 12.8. The van der Waals surface area contributed by atoms with Crippen LogP contribution < -0.4 is 10.1 Å². The highest BCUT2D eigenvalue weighted by atomic mass is 16.5. The summed E-state index contributed by atoms with van der Waals surface area (Å²) >= 11 is 0. The molecule has 2 N–H and O–H groups in total. The van der Waals surface area contributed by atoms with Gasteiger partial charge in [-0.1, -0.05) is 102 Å². The fourth-order valence-electron chi connectivity index (χ4n) is 4.88. The Bertz CT molecular complexity index is 1510. The topological polar surface area (TPSA) is 101 Å². The molecule has 0 aliphatic carbocycles. The summed E-state index contributed by atoms with van der Waals surface area (Å²) < 4.78 is 5.95. The number of carbonyl (C=O) groups excluding carboxylic acids is 1. The van der Waals surface area contributed by atoms with Crippen LogP contribution in [0.15, 0.2) is 85.2 Å². The zero-order valence-electron chi connectivity index (χ0n) is 26.2. The van der Waals surface area contributed by atoms with Gasteiger partial charge in [-0.3, -0.25) is 4.79 Å². The van der Waals surface area contributed by atoms with Gasteiger partial charge in [0.2, 0.25) is 0 Å². The average Bonchev–Trinajstić information content (AvgIpc) is 3.02. The fourth-order valence-corrected chi connectivity index (χ4v) is 4.88. The summed E-state index contributed by atoms with van der Waals surface area (Å²) in [6.45, 7) is 9.22. The average molecular weight is 594 g/mol. The second kappa shape index (κ2) is 15.3. The largest absolute Gasteiger partial charge is 0.494 e. The van der Waals surface area contributed by atoms with E-state index >= 15 is 0 Å². The van der Waals surface area contributed by atoms with Crippen LogP contribution in [0.2, 0.25) is 0 Å². The van der Waals surface area contributed by atoms with Crippen LogP contribution in [0.5, 0.6) is 5.75 Å². The number of ether oxygens (including phenoxy) is 1. The molecule has 0 spiro atoms. The van der Waals surface area contributed by atoms with Gasteiger partial charge in [0, 0.05) is 35.5 Å². The number of aromatic nitrogens is 2. The highest BCUT2D eigenvalue weighted by Gasteiger charge is 2.22. The van der Waals surface area contributed by atoms with Gasteiger partial charge in [0.1, 0.15) is 11.8 Å². The summed E-state index contributed by atoms with van der Waals surface area (Å²) in [4.78, 5) is 33.9. The van der Waals surface area contributed by atoms with E-state index in [4.69, 9.17) is 4.74 Å². The Hall–Kier alpha value is -4.52. The highest BCUT2D eigenvalue weighted by Crippen LogP contribution is 2.25. The maximum atomic E-state index is 12.8. The Morgan fingerprint density at radius 1 is 0.841 bits per heavy atom. The predicted molar refractivity (Wildman–Crippen MR) is 175 cm³/mol. The van der Waals surface area contributed by atoms with Gasteiger partial charge in [-0.05, 0) is 52.8 Å². The van der Waals surface area contributed by atoms with Gasteiger partial charge >= 0.3 is 5.97 Å². The van der Waals surface area contributed by atoms with E-state index in [1.165, 1.54) is 25.7 Å². The van der Waals surface area contributed by atoms with Crippen molar-refractivity contribution in [2.24, 2.45) is 0 Å². The molecule has 0 saturated heterocycles. The van der Waals surface area contributed by atoms with E-state index in [0.717, 1.165) is 40.0 Å². The second-order valence-electron chi connectivity index (χ2n) is 12.2. The number of unbranched alkanes of at least 4 members (excludes halogenated alkanes) is 4. The third-order valence-corrected chi connectivity index (χ3v) is 7.60. The van der Waals surface area contributed by atoms with Gasteiger partial charge in [-0.2, -0.15) is 0 Å². The van der Waals surface area contributed by atoms with Gasteiger partial charge in [0.05, 0.1) is 6.61 Å². The van der Waals surface area contributed by atoms with Crippen LogP contribution in [0.4, 0.5) is 0 Å². The molecule has 4 rings (SSSR count). The van der Waals surface area contributed by atoms with Crippen LogP contribution in [-0.2, 0) is 16.6 Å². The minimum atomic E-state index is -1.09. The van der Waals surface area contributed by atoms with Crippen molar-refractivity contribution < 1.29 is 19.4 Å². The molecule has 230 valence electrons. The maximum Gasteiger partial charge on any atom is 0.326 e. The molecule has 44 heavy (non-hydrogen) atoms. The summed E-state index contributed by atoms with van der Waals surface area (Å²) in [7, 11) is 0. The van der Waals surface area contributed by atoms with Crippen molar-refractivity contribution in [3.05, 3.63) is 102 Å². The predicted octanol–water partition coefficient (Wildman–Crippen LogP) is 7.88. The SMILES string of the molecule is CCCCCCCOc1cccc(-c2cnc(-c3ccc(CC(NC(=O)c4ccc(C(C)(C)C)cc4)C(=O)O)cc3)nc2)c1. The first-order valence-corrected chi connectivity index (χ1v) is 15.4. The van der Waals surface area contributed by atoms with Crippen molar-refractivity contribution in [3.63, 3.8) is 0 Å². The molecule has 0 aliphatic rings. The van der Waals surface area contributed by atoms with Crippen LogP contribution >= 0.6 is 0 Å². The third kappa shape index (κ3) is 9.24. The zero-order chi connectivity index (χ0) is 31.5. The van der Waals surface area contributed by atoms with E-state index in [2.05, 4.69) is 43.0 Å². The Morgan fingerprint density at radius 3 is 2.16 bits per heavy atom. The van der Waals surface area contributed by atoms with Gasteiger partial charge in [-0.25, -0.2) is 14.8 Å². The Labute approximate surface area is 260 Å². The van der Waals surface area contributed by atoms with Crippen molar-refractivity contribution in [1.82, 2.24) is 15.3 Å². The second-order valence-corrected chi connectivity index (χ2v) is 12.2. The quantitative estimate of drug-likeness (QED) is 0.144. The van der Waals surface area contributed by atoms with E-state index < -0.39 is 17.9 Å².